The Hall–Kier alpha value is 0.590. The Bertz CT molecular complexity index is 149. The highest BCUT2D eigenvalue weighted by atomic mass is 79.9. The molecule has 8 heavy (non-hydrogen) atoms. The van der Waals surface area contributed by atoms with Crippen molar-refractivity contribution in [1.29, 1.82) is 0 Å². The van der Waals surface area contributed by atoms with Gasteiger partial charge in [-0.15, -0.1) is 11.3 Å². The Balaban J connectivity index is 2.77. The average Bonchev–Trinajstić information content (AvgIpc) is 2.12. The smallest absolute Gasteiger partial charge is 0.105 e. The van der Waals surface area contributed by atoms with Crippen molar-refractivity contribution in [1.82, 2.24) is 4.98 Å². The van der Waals surface area contributed by atoms with Crippen LogP contribution in [0.15, 0.2) is 11.7 Å². The molecule has 0 aliphatic carbocycles. The standard InChI is InChI=1S/C4H3Br2NS/c5-4(6)3-1-7-2-8-3/h1-2,4H. The number of halogens is 2. The summed E-state index contributed by atoms with van der Waals surface area (Å²) in [6.07, 6.45) is 1.83. The molecule has 0 radical (unpaired) electrons. The minimum Gasteiger partial charge on any atom is -0.253 e. The lowest BCUT2D eigenvalue weighted by molar-refractivity contribution is 1.37. The molecule has 1 aromatic rings. The third-order valence-corrected chi connectivity index (χ3v) is 3.10. The second kappa shape index (κ2) is 2.94. The van der Waals surface area contributed by atoms with Crippen molar-refractivity contribution in [3.63, 3.8) is 0 Å². The minimum absolute atomic E-state index is 0.266. The maximum atomic E-state index is 3.90. The van der Waals surface area contributed by atoms with E-state index in [2.05, 4.69) is 36.8 Å². The molecule has 0 fully saturated rings. The van der Waals surface area contributed by atoms with Gasteiger partial charge < -0.3 is 0 Å². The molecular weight excluding hydrogens is 254 g/mol. The fourth-order valence-corrected chi connectivity index (χ4v) is 1.69. The van der Waals surface area contributed by atoms with E-state index in [0.29, 0.717) is 0 Å². The summed E-state index contributed by atoms with van der Waals surface area (Å²) < 4.78 is 0.266. The zero-order valence-electron chi connectivity index (χ0n) is 3.84. The van der Waals surface area contributed by atoms with E-state index in [1.807, 2.05) is 11.7 Å². The molecule has 0 bridgehead atoms. The van der Waals surface area contributed by atoms with Crippen molar-refractivity contribution in [3.05, 3.63) is 16.6 Å². The molecule has 0 N–H and O–H groups in total. The number of alkyl halides is 2. The van der Waals surface area contributed by atoms with Crippen LogP contribution >= 0.6 is 43.2 Å². The van der Waals surface area contributed by atoms with Crippen molar-refractivity contribution in [2.24, 2.45) is 0 Å². The van der Waals surface area contributed by atoms with Crippen molar-refractivity contribution in [2.45, 2.75) is 3.74 Å². The average molecular weight is 257 g/mol. The summed E-state index contributed by atoms with van der Waals surface area (Å²) in [4.78, 5) is 5.10. The number of hydrogen-bond donors (Lipinski definition) is 0. The van der Waals surface area contributed by atoms with Crippen LogP contribution in [0.1, 0.15) is 8.61 Å². The summed E-state index contributed by atoms with van der Waals surface area (Å²) in [7, 11) is 0. The van der Waals surface area contributed by atoms with Gasteiger partial charge in [-0.05, 0) is 0 Å². The molecule has 0 aliphatic heterocycles. The molecule has 0 aromatic carbocycles. The topological polar surface area (TPSA) is 12.9 Å². The lowest BCUT2D eigenvalue weighted by atomic mass is 10.6. The number of hydrogen-bond acceptors (Lipinski definition) is 2. The van der Waals surface area contributed by atoms with E-state index in [1.165, 1.54) is 4.88 Å². The first-order chi connectivity index (χ1) is 3.80. The Labute approximate surface area is 68.4 Å². The van der Waals surface area contributed by atoms with Gasteiger partial charge in [0, 0.05) is 11.1 Å². The van der Waals surface area contributed by atoms with Crippen LogP contribution in [-0.2, 0) is 0 Å². The predicted octanol–water partition coefficient (Wildman–Crippen LogP) is 2.93. The van der Waals surface area contributed by atoms with E-state index >= 15 is 0 Å². The van der Waals surface area contributed by atoms with Gasteiger partial charge in [0.05, 0.1) is 5.51 Å². The van der Waals surface area contributed by atoms with Gasteiger partial charge in [0.2, 0.25) is 0 Å². The van der Waals surface area contributed by atoms with Gasteiger partial charge in [-0.2, -0.15) is 0 Å². The fraction of sp³-hybridized carbons (Fsp3) is 0.250. The van der Waals surface area contributed by atoms with Gasteiger partial charge in [-0.3, -0.25) is 4.98 Å². The van der Waals surface area contributed by atoms with Gasteiger partial charge in [0.25, 0.3) is 0 Å². The van der Waals surface area contributed by atoms with Crippen molar-refractivity contribution in [2.75, 3.05) is 0 Å². The van der Waals surface area contributed by atoms with Crippen LogP contribution in [0.4, 0.5) is 0 Å². The van der Waals surface area contributed by atoms with E-state index in [9.17, 15) is 0 Å². The normalized spacial score (nSPS) is 10.4. The molecule has 0 amide bonds. The Kier molecular flexibility index (Phi) is 2.46. The van der Waals surface area contributed by atoms with Gasteiger partial charge in [-0.25, -0.2) is 0 Å². The van der Waals surface area contributed by atoms with Crippen LogP contribution < -0.4 is 0 Å². The van der Waals surface area contributed by atoms with Crippen LogP contribution in [0.3, 0.4) is 0 Å². The fourth-order valence-electron chi connectivity index (χ4n) is 0.333. The molecule has 44 valence electrons. The van der Waals surface area contributed by atoms with Crippen LogP contribution in [0.25, 0.3) is 0 Å². The molecule has 0 saturated heterocycles. The molecule has 0 unspecified atom stereocenters. The number of rotatable bonds is 1. The molecular formula is C4H3Br2NS. The Morgan fingerprint density at radius 1 is 1.62 bits per heavy atom. The van der Waals surface area contributed by atoms with Crippen molar-refractivity contribution < 1.29 is 0 Å². The molecule has 4 heteroatoms. The number of aromatic nitrogens is 1. The molecule has 0 aliphatic rings. The highest BCUT2D eigenvalue weighted by Crippen LogP contribution is 2.30. The predicted molar refractivity (Wildman–Crippen MR) is 42.7 cm³/mol. The Morgan fingerprint density at radius 2 is 2.38 bits per heavy atom. The first kappa shape index (κ1) is 6.71. The first-order valence-corrected chi connectivity index (χ1v) is 4.68. The van der Waals surface area contributed by atoms with Gasteiger partial charge in [-0.1, -0.05) is 31.9 Å². The number of thiazole rings is 1. The third kappa shape index (κ3) is 1.53. The molecule has 1 rings (SSSR count). The first-order valence-electron chi connectivity index (χ1n) is 1.97. The SMILES string of the molecule is BrC(Br)c1cncs1. The summed E-state index contributed by atoms with van der Waals surface area (Å²) >= 11 is 8.32. The van der Waals surface area contributed by atoms with E-state index < -0.39 is 0 Å². The van der Waals surface area contributed by atoms with Crippen LogP contribution in [0.2, 0.25) is 0 Å². The van der Waals surface area contributed by atoms with Crippen LogP contribution in [0, 0.1) is 0 Å². The minimum atomic E-state index is 0.266. The van der Waals surface area contributed by atoms with Gasteiger partial charge in [0.15, 0.2) is 0 Å². The molecule has 0 saturated carbocycles. The molecule has 1 nitrogen and oxygen atoms in total. The summed E-state index contributed by atoms with van der Waals surface area (Å²) in [6, 6.07) is 0. The van der Waals surface area contributed by atoms with E-state index in [-0.39, 0.29) is 3.74 Å². The highest BCUT2D eigenvalue weighted by molar-refractivity contribution is 9.24. The maximum Gasteiger partial charge on any atom is 0.105 e. The maximum absolute atomic E-state index is 3.90. The molecule has 0 spiro atoms. The van der Waals surface area contributed by atoms with Gasteiger partial charge in [0.1, 0.15) is 3.74 Å². The second-order valence-electron chi connectivity index (χ2n) is 1.20. The zero-order chi connectivity index (χ0) is 5.98. The number of nitrogens with zero attached hydrogens (tertiary/aromatic N) is 1. The molecule has 1 heterocycles. The van der Waals surface area contributed by atoms with Crippen molar-refractivity contribution in [3.8, 4) is 0 Å². The summed E-state index contributed by atoms with van der Waals surface area (Å²) in [5, 5.41) is 0. The van der Waals surface area contributed by atoms with Crippen LogP contribution in [0.5, 0.6) is 0 Å². The van der Waals surface area contributed by atoms with Crippen LogP contribution in [-0.4, -0.2) is 4.98 Å². The van der Waals surface area contributed by atoms with E-state index in [0.717, 1.165) is 0 Å². The molecule has 1 aromatic heterocycles. The lowest BCUT2D eigenvalue weighted by Crippen LogP contribution is -1.67. The largest absolute Gasteiger partial charge is 0.253 e. The third-order valence-electron chi connectivity index (χ3n) is 0.666. The second-order valence-corrected chi connectivity index (χ2v) is 5.18. The quantitative estimate of drug-likeness (QED) is 0.705. The monoisotopic (exact) mass is 255 g/mol. The summed E-state index contributed by atoms with van der Waals surface area (Å²) in [6.45, 7) is 0. The molecule has 0 atom stereocenters. The van der Waals surface area contributed by atoms with E-state index in [1.54, 1.807) is 11.3 Å². The summed E-state index contributed by atoms with van der Waals surface area (Å²) in [5.41, 5.74) is 1.81. The van der Waals surface area contributed by atoms with E-state index in [4.69, 9.17) is 0 Å². The summed E-state index contributed by atoms with van der Waals surface area (Å²) in [5.74, 6) is 0. The highest BCUT2D eigenvalue weighted by Gasteiger charge is 2.01. The lowest BCUT2D eigenvalue weighted by Gasteiger charge is -1.89. The van der Waals surface area contributed by atoms with Gasteiger partial charge >= 0.3 is 0 Å². The zero-order valence-corrected chi connectivity index (χ0v) is 7.83. The van der Waals surface area contributed by atoms with Crippen molar-refractivity contribution >= 4 is 43.2 Å². The Morgan fingerprint density at radius 3 is 2.62 bits per heavy atom.